The van der Waals surface area contributed by atoms with Crippen LogP contribution in [0.3, 0.4) is 0 Å². The molecule has 0 unspecified atom stereocenters. The third-order valence-corrected chi connectivity index (χ3v) is 5.10. The maximum atomic E-state index is 5.44. The van der Waals surface area contributed by atoms with Crippen LogP contribution in [0.15, 0.2) is 47.6 Å². The lowest BCUT2D eigenvalue weighted by Crippen LogP contribution is -1.96. The van der Waals surface area contributed by atoms with Gasteiger partial charge in [0.25, 0.3) is 0 Å². The molecule has 0 aliphatic carbocycles. The molecule has 0 atom stereocenters. The summed E-state index contributed by atoms with van der Waals surface area (Å²) in [4.78, 5) is 0. The van der Waals surface area contributed by atoms with Gasteiger partial charge in [-0.3, -0.25) is 0 Å². The van der Waals surface area contributed by atoms with E-state index in [9.17, 15) is 0 Å². The van der Waals surface area contributed by atoms with E-state index < -0.39 is 0 Å². The minimum absolute atomic E-state index is 0.703. The number of thioether (sulfide) groups is 1. The molecular formula is C19H21N3O3S. The topological polar surface area (TPSA) is 58.4 Å². The van der Waals surface area contributed by atoms with E-state index in [4.69, 9.17) is 14.2 Å². The fraction of sp³-hybridized carbons (Fsp3) is 0.263. The van der Waals surface area contributed by atoms with Gasteiger partial charge < -0.3 is 18.8 Å². The first-order valence-electron chi connectivity index (χ1n) is 8.03. The second kappa shape index (κ2) is 8.14. The Bertz CT molecular complexity index is 878. The standard InChI is InChI=1S/C19H21N3O3S/c1-22-18(13-5-7-15(23-2)8-6-13)20-21-19(22)26-12-14-11-16(24-3)9-10-17(14)25-4/h5-11H,12H2,1-4H3. The van der Waals surface area contributed by atoms with Gasteiger partial charge in [-0.05, 0) is 42.5 Å². The Hall–Kier alpha value is -2.67. The largest absolute Gasteiger partial charge is 0.497 e. The van der Waals surface area contributed by atoms with Gasteiger partial charge in [0.15, 0.2) is 11.0 Å². The average molecular weight is 371 g/mol. The van der Waals surface area contributed by atoms with Crippen LogP contribution in [-0.4, -0.2) is 36.1 Å². The first-order chi connectivity index (χ1) is 12.7. The van der Waals surface area contributed by atoms with E-state index in [2.05, 4.69) is 10.2 Å². The van der Waals surface area contributed by atoms with Gasteiger partial charge in [-0.1, -0.05) is 11.8 Å². The predicted octanol–water partition coefficient (Wildman–Crippen LogP) is 3.80. The molecule has 136 valence electrons. The summed E-state index contributed by atoms with van der Waals surface area (Å²) in [5, 5.41) is 9.48. The lowest BCUT2D eigenvalue weighted by atomic mass is 10.2. The molecule has 0 radical (unpaired) electrons. The van der Waals surface area contributed by atoms with Crippen LogP contribution in [0, 0.1) is 0 Å². The summed E-state index contributed by atoms with van der Waals surface area (Å²) in [6.07, 6.45) is 0. The average Bonchev–Trinajstić information content (AvgIpc) is 3.06. The Balaban J connectivity index is 1.78. The molecule has 3 aromatic rings. The van der Waals surface area contributed by atoms with Gasteiger partial charge in [-0.25, -0.2) is 0 Å². The summed E-state index contributed by atoms with van der Waals surface area (Å²) in [5.41, 5.74) is 2.04. The summed E-state index contributed by atoms with van der Waals surface area (Å²) < 4.78 is 17.9. The summed E-state index contributed by atoms with van der Waals surface area (Å²) >= 11 is 1.60. The van der Waals surface area contributed by atoms with Crippen molar-refractivity contribution >= 4 is 11.8 Å². The van der Waals surface area contributed by atoms with Crippen molar-refractivity contribution in [3.63, 3.8) is 0 Å². The van der Waals surface area contributed by atoms with E-state index in [0.29, 0.717) is 5.75 Å². The highest BCUT2D eigenvalue weighted by Gasteiger charge is 2.13. The van der Waals surface area contributed by atoms with Crippen molar-refractivity contribution in [1.29, 1.82) is 0 Å². The molecule has 0 amide bonds. The highest BCUT2D eigenvalue weighted by molar-refractivity contribution is 7.98. The van der Waals surface area contributed by atoms with Crippen LogP contribution in [0.5, 0.6) is 17.2 Å². The molecule has 0 N–H and O–H groups in total. The number of aromatic nitrogens is 3. The van der Waals surface area contributed by atoms with E-state index >= 15 is 0 Å². The molecular weight excluding hydrogens is 350 g/mol. The monoisotopic (exact) mass is 371 g/mol. The van der Waals surface area contributed by atoms with E-state index in [1.807, 2.05) is 54.1 Å². The van der Waals surface area contributed by atoms with Gasteiger partial charge in [0, 0.05) is 23.9 Å². The molecule has 2 aromatic carbocycles. The fourth-order valence-corrected chi connectivity index (χ4v) is 3.46. The lowest BCUT2D eigenvalue weighted by Gasteiger charge is -2.10. The number of ether oxygens (including phenoxy) is 3. The van der Waals surface area contributed by atoms with Crippen molar-refractivity contribution in [2.75, 3.05) is 21.3 Å². The van der Waals surface area contributed by atoms with Crippen LogP contribution in [0.4, 0.5) is 0 Å². The van der Waals surface area contributed by atoms with Crippen molar-refractivity contribution in [3.8, 4) is 28.6 Å². The molecule has 1 heterocycles. The van der Waals surface area contributed by atoms with E-state index in [0.717, 1.165) is 39.4 Å². The van der Waals surface area contributed by atoms with E-state index in [1.54, 1.807) is 33.1 Å². The van der Waals surface area contributed by atoms with Crippen molar-refractivity contribution in [1.82, 2.24) is 14.8 Å². The van der Waals surface area contributed by atoms with Gasteiger partial charge in [0.1, 0.15) is 17.2 Å². The van der Waals surface area contributed by atoms with Gasteiger partial charge in [-0.15, -0.1) is 10.2 Å². The van der Waals surface area contributed by atoms with Crippen molar-refractivity contribution in [2.24, 2.45) is 7.05 Å². The summed E-state index contributed by atoms with van der Waals surface area (Å²) in [6.45, 7) is 0. The van der Waals surface area contributed by atoms with Crippen LogP contribution in [0.25, 0.3) is 11.4 Å². The number of rotatable bonds is 7. The van der Waals surface area contributed by atoms with Crippen LogP contribution >= 0.6 is 11.8 Å². The first kappa shape index (κ1) is 18.1. The number of methoxy groups -OCH3 is 3. The maximum absolute atomic E-state index is 5.44. The highest BCUT2D eigenvalue weighted by atomic mass is 32.2. The fourth-order valence-electron chi connectivity index (χ4n) is 2.57. The SMILES string of the molecule is COc1ccc(-c2nnc(SCc3cc(OC)ccc3OC)n2C)cc1. The van der Waals surface area contributed by atoms with Crippen LogP contribution in [-0.2, 0) is 12.8 Å². The van der Waals surface area contributed by atoms with Gasteiger partial charge in [0.2, 0.25) is 0 Å². The third kappa shape index (κ3) is 3.77. The Morgan fingerprint density at radius 3 is 2.23 bits per heavy atom. The maximum Gasteiger partial charge on any atom is 0.191 e. The molecule has 1 aromatic heterocycles. The van der Waals surface area contributed by atoms with Crippen molar-refractivity contribution in [2.45, 2.75) is 10.9 Å². The van der Waals surface area contributed by atoms with E-state index in [1.165, 1.54) is 0 Å². The molecule has 0 saturated carbocycles. The predicted molar refractivity (Wildman–Crippen MR) is 102 cm³/mol. The zero-order valence-electron chi connectivity index (χ0n) is 15.2. The Labute approximate surface area is 157 Å². The summed E-state index contributed by atoms with van der Waals surface area (Å²) in [5.74, 6) is 3.96. The lowest BCUT2D eigenvalue weighted by molar-refractivity contribution is 0.400. The Morgan fingerprint density at radius 2 is 1.58 bits per heavy atom. The normalized spacial score (nSPS) is 10.6. The van der Waals surface area contributed by atoms with Gasteiger partial charge in [0.05, 0.1) is 21.3 Å². The number of nitrogens with zero attached hydrogens (tertiary/aromatic N) is 3. The minimum atomic E-state index is 0.703. The third-order valence-electron chi connectivity index (χ3n) is 4.03. The number of hydrogen-bond acceptors (Lipinski definition) is 6. The Morgan fingerprint density at radius 1 is 0.885 bits per heavy atom. The van der Waals surface area contributed by atoms with Crippen molar-refractivity contribution in [3.05, 3.63) is 48.0 Å². The zero-order valence-corrected chi connectivity index (χ0v) is 16.0. The second-order valence-electron chi connectivity index (χ2n) is 5.56. The summed E-state index contributed by atoms with van der Waals surface area (Å²) in [7, 11) is 6.94. The first-order valence-corrected chi connectivity index (χ1v) is 9.02. The second-order valence-corrected chi connectivity index (χ2v) is 6.50. The molecule has 0 saturated heterocycles. The number of benzene rings is 2. The Kier molecular flexibility index (Phi) is 5.68. The molecule has 0 fully saturated rings. The highest BCUT2D eigenvalue weighted by Crippen LogP contribution is 2.31. The molecule has 0 aliphatic heterocycles. The van der Waals surface area contributed by atoms with E-state index in [-0.39, 0.29) is 0 Å². The van der Waals surface area contributed by atoms with Gasteiger partial charge >= 0.3 is 0 Å². The smallest absolute Gasteiger partial charge is 0.191 e. The zero-order chi connectivity index (χ0) is 18.5. The van der Waals surface area contributed by atoms with Crippen LogP contribution < -0.4 is 14.2 Å². The molecule has 7 heteroatoms. The van der Waals surface area contributed by atoms with Crippen LogP contribution in [0.1, 0.15) is 5.56 Å². The molecule has 0 bridgehead atoms. The molecule has 0 spiro atoms. The molecule has 26 heavy (non-hydrogen) atoms. The molecule has 6 nitrogen and oxygen atoms in total. The van der Waals surface area contributed by atoms with Gasteiger partial charge in [-0.2, -0.15) is 0 Å². The molecule has 3 rings (SSSR count). The quantitative estimate of drug-likeness (QED) is 0.589. The number of hydrogen-bond donors (Lipinski definition) is 0. The minimum Gasteiger partial charge on any atom is -0.497 e. The summed E-state index contributed by atoms with van der Waals surface area (Å²) in [6, 6.07) is 13.6. The van der Waals surface area contributed by atoms with Crippen molar-refractivity contribution < 1.29 is 14.2 Å². The van der Waals surface area contributed by atoms with Crippen LogP contribution in [0.2, 0.25) is 0 Å². The molecule has 0 aliphatic rings.